The van der Waals surface area contributed by atoms with Crippen LogP contribution in [0, 0.1) is 5.21 Å². The zero-order chi connectivity index (χ0) is 16.3. The molecule has 1 atom stereocenters. The van der Waals surface area contributed by atoms with Gasteiger partial charge in [-0.15, -0.1) is 11.8 Å². The standard InChI is InChI=1S/C16H22N2OS3/c1-5-10-17-14(16(2,3)22-15(17)20)18(19)11-12-6-8-13(21-4)9-7-12/h6-9,11,14H,5,10H2,1-4H3/b18-11-. The van der Waals surface area contributed by atoms with Gasteiger partial charge in [0.25, 0.3) is 6.17 Å². The van der Waals surface area contributed by atoms with E-state index < -0.39 is 0 Å². The van der Waals surface area contributed by atoms with Gasteiger partial charge in [0.15, 0.2) is 6.21 Å². The van der Waals surface area contributed by atoms with Crippen molar-refractivity contribution in [2.24, 2.45) is 0 Å². The van der Waals surface area contributed by atoms with Gasteiger partial charge in [-0.05, 0) is 50.8 Å². The largest absolute Gasteiger partial charge is 0.622 e. The van der Waals surface area contributed by atoms with Gasteiger partial charge >= 0.3 is 0 Å². The van der Waals surface area contributed by atoms with Crippen molar-refractivity contribution >= 4 is 46.3 Å². The minimum Gasteiger partial charge on any atom is -0.622 e. The Morgan fingerprint density at radius 1 is 1.41 bits per heavy atom. The minimum absolute atomic E-state index is 0.219. The van der Waals surface area contributed by atoms with E-state index in [0.29, 0.717) is 0 Å². The highest BCUT2D eigenvalue weighted by Gasteiger charge is 2.49. The van der Waals surface area contributed by atoms with Crippen molar-refractivity contribution in [3.63, 3.8) is 0 Å². The molecule has 1 aliphatic rings. The summed E-state index contributed by atoms with van der Waals surface area (Å²) in [5.41, 5.74) is 0.919. The number of rotatable bonds is 5. The predicted molar refractivity (Wildman–Crippen MR) is 102 cm³/mol. The number of thioether (sulfide) groups is 2. The lowest BCUT2D eigenvalue weighted by atomic mass is 10.1. The van der Waals surface area contributed by atoms with Crippen molar-refractivity contribution in [2.45, 2.75) is 43.0 Å². The molecule has 1 fully saturated rings. The summed E-state index contributed by atoms with van der Waals surface area (Å²) < 4.78 is 1.67. The second kappa shape index (κ2) is 7.23. The zero-order valence-corrected chi connectivity index (χ0v) is 15.9. The van der Waals surface area contributed by atoms with Crippen molar-refractivity contribution in [1.29, 1.82) is 0 Å². The summed E-state index contributed by atoms with van der Waals surface area (Å²) in [6.45, 7) is 7.09. The highest BCUT2D eigenvalue weighted by Crippen LogP contribution is 2.41. The first-order valence-corrected chi connectivity index (χ1v) is 9.78. The third kappa shape index (κ3) is 3.78. The molecule has 1 aromatic carbocycles. The Bertz CT molecular complexity index is 569. The summed E-state index contributed by atoms with van der Waals surface area (Å²) in [5, 5.41) is 12.8. The molecule has 0 bridgehead atoms. The van der Waals surface area contributed by atoms with E-state index in [1.165, 1.54) is 4.90 Å². The van der Waals surface area contributed by atoms with Gasteiger partial charge in [-0.25, -0.2) is 0 Å². The first-order valence-electron chi connectivity index (χ1n) is 7.33. The van der Waals surface area contributed by atoms with E-state index in [0.717, 1.165) is 27.6 Å². The number of nitrogens with zero attached hydrogens (tertiary/aromatic N) is 2. The predicted octanol–water partition coefficient (Wildman–Crippen LogP) is 4.19. The quantitative estimate of drug-likeness (QED) is 0.198. The van der Waals surface area contributed by atoms with Crippen molar-refractivity contribution < 1.29 is 4.74 Å². The molecule has 0 amide bonds. The average molecular weight is 355 g/mol. The smallest absolute Gasteiger partial charge is 0.254 e. The number of hydroxylamine groups is 1. The SMILES string of the molecule is CCCN1C(=S)SC(C)(C)C1/[N+]([O-])=C/c1ccc(SC)cc1. The van der Waals surface area contributed by atoms with Crippen LogP contribution >= 0.6 is 35.7 Å². The van der Waals surface area contributed by atoms with E-state index in [4.69, 9.17) is 12.2 Å². The summed E-state index contributed by atoms with van der Waals surface area (Å²) >= 11 is 8.77. The molecule has 2 rings (SSSR count). The van der Waals surface area contributed by atoms with Crippen molar-refractivity contribution in [3.8, 4) is 0 Å². The Kier molecular flexibility index (Phi) is 5.80. The normalized spacial score (nSPS) is 21.5. The van der Waals surface area contributed by atoms with E-state index in [2.05, 4.69) is 25.7 Å². The summed E-state index contributed by atoms with van der Waals surface area (Å²) in [4.78, 5) is 3.25. The highest BCUT2D eigenvalue weighted by molar-refractivity contribution is 8.24. The van der Waals surface area contributed by atoms with Crippen LogP contribution in [0.15, 0.2) is 29.2 Å². The van der Waals surface area contributed by atoms with Gasteiger partial charge in [0, 0.05) is 17.0 Å². The molecule has 0 spiro atoms. The van der Waals surface area contributed by atoms with Crippen molar-refractivity contribution in [2.75, 3.05) is 12.8 Å². The highest BCUT2D eigenvalue weighted by atomic mass is 32.2. The second-order valence-electron chi connectivity index (χ2n) is 5.80. The molecule has 0 aromatic heterocycles. The van der Waals surface area contributed by atoms with Gasteiger partial charge in [0.05, 0.1) is 0 Å². The molecule has 3 nitrogen and oxygen atoms in total. The Labute approximate surface area is 146 Å². The molecule has 120 valence electrons. The Balaban J connectivity index is 2.29. The first kappa shape index (κ1) is 17.6. The van der Waals surface area contributed by atoms with Gasteiger partial charge < -0.3 is 5.21 Å². The molecule has 1 aromatic rings. The number of benzene rings is 1. The fourth-order valence-corrected chi connectivity index (χ4v) is 4.96. The lowest BCUT2D eigenvalue weighted by molar-refractivity contribution is -0.523. The number of hydrogen-bond acceptors (Lipinski definition) is 4. The van der Waals surface area contributed by atoms with Crippen LogP contribution in [0.25, 0.3) is 0 Å². The molecule has 1 aliphatic heterocycles. The third-order valence-electron chi connectivity index (χ3n) is 3.60. The van der Waals surface area contributed by atoms with Gasteiger partial charge in [-0.2, -0.15) is 4.74 Å². The van der Waals surface area contributed by atoms with E-state index >= 15 is 0 Å². The van der Waals surface area contributed by atoms with Gasteiger partial charge in [-0.3, -0.25) is 4.90 Å². The van der Waals surface area contributed by atoms with E-state index in [-0.39, 0.29) is 10.9 Å². The summed E-state index contributed by atoms with van der Waals surface area (Å²) in [6, 6.07) is 8.03. The summed E-state index contributed by atoms with van der Waals surface area (Å²) in [7, 11) is 0. The maximum absolute atomic E-state index is 12.8. The maximum atomic E-state index is 12.8. The van der Waals surface area contributed by atoms with Crippen LogP contribution in [0.5, 0.6) is 0 Å². The van der Waals surface area contributed by atoms with Gasteiger partial charge in [0.2, 0.25) is 0 Å². The van der Waals surface area contributed by atoms with Crippen molar-refractivity contribution in [3.05, 3.63) is 35.0 Å². The number of thiocarbonyl (C=S) groups is 1. The molecule has 0 N–H and O–H groups in total. The van der Waals surface area contributed by atoms with Crippen LogP contribution in [0.2, 0.25) is 0 Å². The van der Waals surface area contributed by atoms with Gasteiger partial charge in [0.1, 0.15) is 9.07 Å². The maximum Gasteiger partial charge on any atom is 0.254 e. The van der Waals surface area contributed by atoms with Crippen LogP contribution in [-0.2, 0) is 0 Å². The van der Waals surface area contributed by atoms with Crippen LogP contribution in [0.4, 0.5) is 0 Å². The second-order valence-corrected chi connectivity index (χ2v) is 8.97. The Hall–Kier alpha value is -0.720. The molecular formula is C16H22N2OS3. The zero-order valence-electron chi connectivity index (χ0n) is 13.4. The summed E-state index contributed by atoms with van der Waals surface area (Å²) in [6.07, 6.45) is 4.43. The van der Waals surface area contributed by atoms with Crippen LogP contribution in [0.3, 0.4) is 0 Å². The molecule has 6 heteroatoms. The van der Waals surface area contributed by atoms with Crippen LogP contribution < -0.4 is 0 Å². The molecule has 0 aliphatic carbocycles. The molecule has 1 saturated heterocycles. The average Bonchev–Trinajstić information content (AvgIpc) is 2.69. The lowest BCUT2D eigenvalue weighted by Crippen LogP contribution is -2.48. The van der Waals surface area contributed by atoms with E-state index in [1.807, 2.05) is 30.5 Å². The third-order valence-corrected chi connectivity index (χ3v) is 5.97. The first-order chi connectivity index (χ1) is 10.4. The van der Waals surface area contributed by atoms with Crippen molar-refractivity contribution in [1.82, 2.24) is 4.90 Å². The molecular weight excluding hydrogens is 332 g/mol. The summed E-state index contributed by atoms with van der Waals surface area (Å²) in [5.74, 6) is 0. The topological polar surface area (TPSA) is 29.3 Å². The molecule has 0 saturated carbocycles. The minimum atomic E-state index is -0.259. The Morgan fingerprint density at radius 2 is 2.05 bits per heavy atom. The van der Waals surface area contributed by atoms with E-state index in [1.54, 1.807) is 29.7 Å². The molecule has 22 heavy (non-hydrogen) atoms. The molecule has 0 radical (unpaired) electrons. The van der Waals surface area contributed by atoms with E-state index in [9.17, 15) is 5.21 Å². The monoisotopic (exact) mass is 354 g/mol. The molecule has 1 unspecified atom stereocenters. The molecule has 1 heterocycles. The lowest BCUT2D eigenvalue weighted by Gasteiger charge is -2.29. The Morgan fingerprint density at radius 3 is 2.59 bits per heavy atom. The van der Waals surface area contributed by atoms with Crippen LogP contribution in [0.1, 0.15) is 32.8 Å². The number of hydrogen-bond donors (Lipinski definition) is 0. The fourth-order valence-electron chi connectivity index (χ4n) is 2.62. The van der Waals surface area contributed by atoms with Gasteiger partial charge in [-0.1, -0.05) is 30.9 Å². The fraction of sp³-hybridized carbons (Fsp3) is 0.500. The van der Waals surface area contributed by atoms with Crippen LogP contribution in [-0.4, -0.2) is 43.9 Å².